The Balaban J connectivity index is 2.62. The van der Waals surface area contributed by atoms with Crippen molar-refractivity contribution in [2.24, 2.45) is 0 Å². The number of aromatic nitrogens is 1. The number of rotatable bonds is 2. The molecular formula is C13H16BrNO2. The number of aryl methyl sites for hydroxylation is 1. The van der Waals surface area contributed by atoms with E-state index in [0.29, 0.717) is 5.56 Å². The fourth-order valence-corrected chi connectivity index (χ4v) is 3.43. The van der Waals surface area contributed by atoms with Crippen LogP contribution in [0.15, 0.2) is 15.5 Å². The van der Waals surface area contributed by atoms with Crippen molar-refractivity contribution < 1.29 is 4.79 Å². The van der Waals surface area contributed by atoms with Crippen LogP contribution >= 0.6 is 15.9 Å². The number of hydrogen-bond acceptors (Lipinski definition) is 2. The smallest absolute Gasteiger partial charge is 0.262 e. The lowest BCUT2D eigenvalue weighted by atomic mass is 10.1. The molecule has 1 heterocycles. The molecule has 1 aromatic heterocycles. The van der Waals surface area contributed by atoms with E-state index in [9.17, 15) is 9.59 Å². The first kappa shape index (κ1) is 12.6. The number of carbonyl (C=O) groups is 1. The van der Waals surface area contributed by atoms with Crippen LogP contribution in [0.25, 0.3) is 0 Å². The van der Waals surface area contributed by atoms with Crippen molar-refractivity contribution in [2.45, 2.75) is 45.6 Å². The first-order chi connectivity index (χ1) is 8.02. The highest BCUT2D eigenvalue weighted by Gasteiger charge is 2.23. The van der Waals surface area contributed by atoms with Gasteiger partial charge in [0.05, 0.1) is 10.2 Å². The Hall–Kier alpha value is -0.900. The summed E-state index contributed by atoms with van der Waals surface area (Å²) >= 11 is 3.44. The molecule has 0 amide bonds. The maximum absolute atomic E-state index is 12.4. The molecule has 0 unspecified atom stereocenters. The fraction of sp³-hybridized carbons (Fsp3) is 0.538. The van der Waals surface area contributed by atoms with Gasteiger partial charge in [-0.05, 0) is 54.2 Å². The molecule has 0 aliphatic heterocycles. The topological polar surface area (TPSA) is 39.1 Å². The number of pyridine rings is 1. The average Bonchev–Trinajstić information content (AvgIpc) is 2.69. The molecule has 3 nitrogen and oxygen atoms in total. The molecule has 4 heteroatoms. The molecule has 1 aliphatic rings. The van der Waals surface area contributed by atoms with E-state index in [2.05, 4.69) is 15.9 Å². The molecule has 1 aromatic rings. The summed E-state index contributed by atoms with van der Waals surface area (Å²) in [5, 5.41) is 0. The summed E-state index contributed by atoms with van der Waals surface area (Å²) in [6.45, 7) is 3.26. The van der Waals surface area contributed by atoms with Gasteiger partial charge < -0.3 is 0 Å². The van der Waals surface area contributed by atoms with Gasteiger partial charge in [-0.2, -0.15) is 0 Å². The third-order valence-electron chi connectivity index (χ3n) is 3.43. The van der Waals surface area contributed by atoms with Crippen molar-refractivity contribution in [3.63, 3.8) is 0 Å². The molecule has 1 aliphatic carbocycles. The Morgan fingerprint density at radius 1 is 1.41 bits per heavy atom. The monoisotopic (exact) mass is 297 g/mol. The van der Waals surface area contributed by atoms with Gasteiger partial charge in [0.15, 0.2) is 5.78 Å². The van der Waals surface area contributed by atoms with E-state index in [1.54, 1.807) is 4.57 Å². The number of hydrogen-bond donors (Lipinski definition) is 0. The summed E-state index contributed by atoms with van der Waals surface area (Å²) in [5.74, 6) is -0.147. The molecule has 0 spiro atoms. The van der Waals surface area contributed by atoms with E-state index in [1.165, 1.54) is 6.92 Å². The SMILES string of the molecule is CC(=O)c1c(C)cc(Br)n(C2CCCC2)c1=O. The number of Topliss-reactive ketones (excluding diaryl/α,β-unsaturated/α-hetero) is 1. The first-order valence-electron chi connectivity index (χ1n) is 5.95. The number of carbonyl (C=O) groups excluding carboxylic acids is 1. The van der Waals surface area contributed by atoms with E-state index in [0.717, 1.165) is 35.8 Å². The molecule has 0 saturated heterocycles. The van der Waals surface area contributed by atoms with Crippen LogP contribution in [-0.4, -0.2) is 10.4 Å². The minimum atomic E-state index is -0.147. The third-order valence-corrected chi connectivity index (χ3v) is 4.05. The Morgan fingerprint density at radius 2 is 2.00 bits per heavy atom. The maximum Gasteiger partial charge on any atom is 0.262 e. The van der Waals surface area contributed by atoms with Gasteiger partial charge in [0, 0.05) is 6.04 Å². The van der Waals surface area contributed by atoms with Crippen LogP contribution < -0.4 is 5.56 Å². The fourth-order valence-electron chi connectivity index (χ4n) is 2.64. The Bertz CT molecular complexity index is 513. The number of nitrogens with zero attached hydrogens (tertiary/aromatic N) is 1. The lowest BCUT2D eigenvalue weighted by Crippen LogP contribution is -2.29. The largest absolute Gasteiger partial charge is 0.299 e. The molecule has 1 saturated carbocycles. The van der Waals surface area contributed by atoms with Gasteiger partial charge in [-0.1, -0.05) is 12.8 Å². The van der Waals surface area contributed by atoms with Crippen molar-refractivity contribution in [3.8, 4) is 0 Å². The summed E-state index contributed by atoms with van der Waals surface area (Å²) in [7, 11) is 0. The van der Waals surface area contributed by atoms with E-state index in [4.69, 9.17) is 0 Å². The van der Waals surface area contributed by atoms with Crippen LogP contribution in [-0.2, 0) is 0 Å². The lowest BCUT2D eigenvalue weighted by molar-refractivity contribution is 0.101. The zero-order valence-corrected chi connectivity index (χ0v) is 11.7. The van der Waals surface area contributed by atoms with Gasteiger partial charge >= 0.3 is 0 Å². The molecule has 0 N–H and O–H groups in total. The van der Waals surface area contributed by atoms with E-state index in [-0.39, 0.29) is 17.4 Å². The maximum atomic E-state index is 12.4. The number of ketones is 1. The van der Waals surface area contributed by atoms with Gasteiger partial charge in [0.2, 0.25) is 0 Å². The molecule has 17 heavy (non-hydrogen) atoms. The highest BCUT2D eigenvalue weighted by Crippen LogP contribution is 2.31. The molecule has 0 aromatic carbocycles. The molecule has 0 atom stereocenters. The van der Waals surface area contributed by atoms with Gasteiger partial charge in [0.25, 0.3) is 5.56 Å². The Morgan fingerprint density at radius 3 is 2.53 bits per heavy atom. The average molecular weight is 298 g/mol. The van der Waals surface area contributed by atoms with Crippen LogP contribution in [0.5, 0.6) is 0 Å². The van der Waals surface area contributed by atoms with Crippen molar-refractivity contribution in [1.82, 2.24) is 4.57 Å². The van der Waals surface area contributed by atoms with Crippen LogP contribution in [0.1, 0.15) is 54.6 Å². The minimum Gasteiger partial charge on any atom is -0.299 e. The van der Waals surface area contributed by atoms with E-state index in [1.807, 2.05) is 13.0 Å². The Kier molecular flexibility index (Phi) is 3.52. The van der Waals surface area contributed by atoms with Crippen molar-refractivity contribution in [3.05, 3.63) is 32.2 Å². The summed E-state index contributed by atoms with van der Waals surface area (Å²) in [5.41, 5.74) is 0.944. The first-order valence-corrected chi connectivity index (χ1v) is 6.74. The molecule has 0 bridgehead atoms. The summed E-state index contributed by atoms with van der Waals surface area (Å²) in [6.07, 6.45) is 4.37. The molecule has 2 rings (SSSR count). The second-order valence-corrected chi connectivity index (χ2v) is 5.51. The van der Waals surface area contributed by atoms with Crippen molar-refractivity contribution in [2.75, 3.05) is 0 Å². The predicted octanol–water partition coefficient (Wildman–Crippen LogP) is 3.24. The van der Waals surface area contributed by atoms with Gasteiger partial charge in [-0.25, -0.2) is 0 Å². The normalized spacial score (nSPS) is 16.4. The summed E-state index contributed by atoms with van der Waals surface area (Å²) < 4.78 is 2.54. The van der Waals surface area contributed by atoms with Crippen LogP contribution in [0.2, 0.25) is 0 Å². The van der Waals surface area contributed by atoms with Crippen LogP contribution in [0.4, 0.5) is 0 Å². The van der Waals surface area contributed by atoms with Crippen molar-refractivity contribution in [1.29, 1.82) is 0 Å². The van der Waals surface area contributed by atoms with Gasteiger partial charge in [-0.3, -0.25) is 14.2 Å². The lowest BCUT2D eigenvalue weighted by Gasteiger charge is -2.18. The molecule has 0 radical (unpaired) electrons. The summed E-state index contributed by atoms with van der Waals surface area (Å²) in [6, 6.07) is 2.12. The van der Waals surface area contributed by atoms with Crippen molar-refractivity contribution >= 4 is 21.7 Å². The quantitative estimate of drug-likeness (QED) is 0.621. The van der Waals surface area contributed by atoms with Crippen LogP contribution in [0.3, 0.4) is 0 Å². The second kappa shape index (κ2) is 4.77. The third kappa shape index (κ3) is 2.23. The van der Waals surface area contributed by atoms with Gasteiger partial charge in [-0.15, -0.1) is 0 Å². The zero-order valence-electron chi connectivity index (χ0n) is 10.1. The minimum absolute atomic E-state index is 0.142. The van der Waals surface area contributed by atoms with E-state index < -0.39 is 0 Å². The van der Waals surface area contributed by atoms with Crippen LogP contribution in [0, 0.1) is 6.92 Å². The summed E-state index contributed by atoms with van der Waals surface area (Å²) in [4.78, 5) is 23.9. The van der Waals surface area contributed by atoms with E-state index >= 15 is 0 Å². The highest BCUT2D eigenvalue weighted by atomic mass is 79.9. The number of halogens is 1. The zero-order chi connectivity index (χ0) is 12.6. The molecule has 92 valence electrons. The Labute approximate surface area is 109 Å². The van der Waals surface area contributed by atoms with Gasteiger partial charge in [0.1, 0.15) is 0 Å². The molecular weight excluding hydrogens is 282 g/mol. The predicted molar refractivity (Wildman–Crippen MR) is 70.6 cm³/mol. The standard InChI is InChI=1S/C13H16BrNO2/c1-8-7-11(14)15(10-5-3-4-6-10)13(17)12(8)9(2)16/h7,10H,3-6H2,1-2H3. The molecule has 1 fully saturated rings. The second-order valence-electron chi connectivity index (χ2n) is 4.69. The highest BCUT2D eigenvalue weighted by molar-refractivity contribution is 9.10.